The van der Waals surface area contributed by atoms with Crippen LogP contribution in [0.5, 0.6) is 5.75 Å². The molecule has 0 atom stereocenters. The van der Waals surface area contributed by atoms with E-state index < -0.39 is 0 Å². The standard InChI is InChI=1S/C14H14NO/c1-11-10-13(16-2)8-9-14(11)15-12-6-4-3-5-7-12/h3-10H,1-2H3. The second-order valence-corrected chi connectivity index (χ2v) is 3.60. The third-order valence-corrected chi connectivity index (χ3v) is 2.41. The Morgan fingerprint density at radius 2 is 1.75 bits per heavy atom. The minimum Gasteiger partial charge on any atom is -0.497 e. The van der Waals surface area contributed by atoms with Crippen LogP contribution in [0.3, 0.4) is 0 Å². The first kappa shape index (κ1) is 10.6. The molecule has 0 aliphatic rings. The third kappa shape index (κ3) is 2.34. The topological polar surface area (TPSA) is 23.3 Å². The van der Waals surface area contributed by atoms with Gasteiger partial charge in [-0.3, -0.25) is 0 Å². The maximum absolute atomic E-state index is 5.16. The lowest BCUT2D eigenvalue weighted by Crippen LogP contribution is -1.92. The van der Waals surface area contributed by atoms with Crippen LogP contribution in [0.1, 0.15) is 5.56 Å². The van der Waals surface area contributed by atoms with Crippen molar-refractivity contribution in [2.75, 3.05) is 7.11 Å². The van der Waals surface area contributed by atoms with Crippen LogP contribution < -0.4 is 10.1 Å². The van der Waals surface area contributed by atoms with Crippen LogP contribution >= 0.6 is 0 Å². The van der Waals surface area contributed by atoms with E-state index in [1.165, 1.54) is 0 Å². The van der Waals surface area contributed by atoms with Gasteiger partial charge in [-0.05, 0) is 42.8 Å². The predicted octanol–water partition coefficient (Wildman–Crippen LogP) is 3.57. The van der Waals surface area contributed by atoms with E-state index in [2.05, 4.69) is 5.32 Å². The van der Waals surface area contributed by atoms with E-state index in [0.29, 0.717) is 0 Å². The molecule has 0 unspecified atom stereocenters. The van der Waals surface area contributed by atoms with E-state index in [1.54, 1.807) is 7.11 Å². The van der Waals surface area contributed by atoms with E-state index in [4.69, 9.17) is 4.74 Å². The van der Waals surface area contributed by atoms with Crippen LogP contribution in [0.4, 0.5) is 11.4 Å². The zero-order valence-corrected chi connectivity index (χ0v) is 9.47. The second-order valence-electron chi connectivity index (χ2n) is 3.60. The number of aryl methyl sites for hydroxylation is 1. The van der Waals surface area contributed by atoms with Gasteiger partial charge in [-0.1, -0.05) is 18.2 Å². The molecule has 2 heteroatoms. The fraction of sp³-hybridized carbons (Fsp3) is 0.143. The summed E-state index contributed by atoms with van der Waals surface area (Å²) in [4.78, 5) is 0. The summed E-state index contributed by atoms with van der Waals surface area (Å²) in [5, 5.41) is 4.56. The van der Waals surface area contributed by atoms with Gasteiger partial charge in [0.2, 0.25) is 0 Å². The summed E-state index contributed by atoms with van der Waals surface area (Å²) < 4.78 is 5.16. The van der Waals surface area contributed by atoms with Gasteiger partial charge in [0, 0.05) is 0 Å². The normalized spacial score (nSPS) is 9.88. The molecule has 0 aromatic heterocycles. The van der Waals surface area contributed by atoms with Crippen LogP contribution in [0, 0.1) is 6.92 Å². The maximum atomic E-state index is 5.16. The van der Waals surface area contributed by atoms with Crippen LogP contribution in [0.2, 0.25) is 0 Å². The van der Waals surface area contributed by atoms with Crippen molar-refractivity contribution in [2.24, 2.45) is 0 Å². The number of benzene rings is 2. The molecule has 0 bridgehead atoms. The van der Waals surface area contributed by atoms with Gasteiger partial charge in [-0.15, -0.1) is 0 Å². The SMILES string of the molecule is COc1ccc([N]c2ccccc2)c(C)c1. The first-order chi connectivity index (χ1) is 7.79. The number of para-hydroxylation sites is 1. The number of ether oxygens (including phenoxy) is 1. The Balaban J connectivity index is 2.22. The first-order valence-electron chi connectivity index (χ1n) is 5.21. The molecule has 0 saturated heterocycles. The lowest BCUT2D eigenvalue weighted by atomic mass is 10.2. The number of rotatable bonds is 3. The fourth-order valence-electron chi connectivity index (χ4n) is 1.52. The van der Waals surface area contributed by atoms with Gasteiger partial charge in [0.25, 0.3) is 0 Å². The van der Waals surface area contributed by atoms with Crippen LogP contribution in [0.25, 0.3) is 0 Å². The third-order valence-electron chi connectivity index (χ3n) is 2.41. The highest BCUT2D eigenvalue weighted by Gasteiger charge is 2.02. The average Bonchev–Trinajstić information content (AvgIpc) is 2.33. The number of hydrogen-bond acceptors (Lipinski definition) is 1. The van der Waals surface area contributed by atoms with E-state index in [-0.39, 0.29) is 0 Å². The molecule has 0 aliphatic carbocycles. The van der Waals surface area contributed by atoms with Crippen molar-refractivity contribution in [1.82, 2.24) is 5.32 Å². The Labute approximate surface area is 95.9 Å². The molecule has 2 nitrogen and oxygen atoms in total. The number of nitrogens with zero attached hydrogens (tertiary/aromatic N) is 1. The Morgan fingerprint density at radius 3 is 2.38 bits per heavy atom. The molecule has 2 aromatic rings. The highest BCUT2D eigenvalue weighted by Crippen LogP contribution is 2.24. The van der Waals surface area contributed by atoms with Crippen LogP contribution in [0.15, 0.2) is 48.5 Å². The monoisotopic (exact) mass is 212 g/mol. The molecule has 0 heterocycles. The van der Waals surface area contributed by atoms with E-state index in [0.717, 1.165) is 22.7 Å². The maximum Gasteiger partial charge on any atom is 0.119 e. The quantitative estimate of drug-likeness (QED) is 0.762. The Morgan fingerprint density at radius 1 is 1.00 bits per heavy atom. The smallest absolute Gasteiger partial charge is 0.119 e. The van der Waals surface area contributed by atoms with E-state index >= 15 is 0 Å². The summed E-state index contributed by atoms with van der Waals surface area (Å²) >= 11 is 0. The minimum absolute atomic E-state index is 0.865. The number of methoxy groups -OCH3 is 1. The predicted molar refractivity (Wildman–Crippen MR) is 65.6 cm³/mol. The van der Waals surface area contributed by atoms with E-state index in [9.17, 15) is 0 Å². The van der Waals surface area contributed by atoms with Gasteiger partial charge >= 0.3 is 0 Å². The van der Waals surface area contributed by atoms with Crippen molar-refractivity contribution >= 4 is 11.4 Å². The van der Waals surface area contributed by atoms with Crippen molar-refractivity contribution in [3.8, 4) is 5.75 Å². The van der Waals surface area contributed by atoms with Crippen molar-refractivity contribution in [2.45, 2.75) is 6.92 Å². The second kappa shape index (κ2) is 4.71. The molecule has 0 amide bonds. The average molecular weight is 212 g/mol. The molecule has 0 aliphatic heterocycles. The molecule has 0 N–H and O–H groups in total. The molecule has 0 fully saturated rings. The minimum atomic E-state index is 0.865. The van der Waals surface area contributed by atoms with Crippen molar-refractivity contribution in [3.63, 3.8) is 0 Å². The van der Waals surface area contributed by atoms with Gasteiger partial charge in [0.1, 0.15) is 5.75 Å². The zero-order valence-electron chi connectivity index (χ0n) is 9.47. The highest BCUT2D eigenvalue weighted by molar-refractivity contribution is 5.54. The molecule has 0 spiro atoms. The van der Waals surface area contributed by atoms with Crippen LogP contribution in [-0.4, -0.2) is 7.11 Å². The Hall–Kier alpha value is -1.96. The van der Waals surface area contributed by atoms with E-state index in [1.807, 2.05) is 55.5 Å². The molecule has 81 valence electrons. The summed E-state index contributed by atoms with van der Waals surface area (Å²) in [6, 6.07) is 15.8. The number of hydrogen-bond donors (Lipinski definition) is 0. The summed E-state index contributed by atoms with van der Waals surface area (Å²) in [5.41, 5.74) is 3.06. The van der Waals surface area contributed by atoms with Gasteiger partial charge in [-0.25, -0.2) is 5.32 Å². The molecule has 0 saturated carbocycles. The van der Waals surface area contributed by atoms with Gasteiger partial charge in [0.15, 0.2) is 0 Å². The van der Waals surface area contributed by atoms with Gasteiger partial charge in [-0.2, -0.15) is 0 Å². The lowest BCUT2D eigenvalue weighted by Gasteiger charge is -2.08. The van der Waals surface area contributed by atoms with Gasteiger partial charge < -0.3 is 4.74 Å². The molecule has 1 radical (unpaired) electrons. The zero-order chi connectivity index (χ0) is 11.4. The molecule has 16 heavy (non-hydrogen) atoms. The van der Waals surface area contributed by atoms with Crippen molar-refractivity contribution < 1.29 is 4.74 Å². The summed E-state index contributed by atoms with van der Waals surface area (Å²) in [6.07, 6.45) is 0. The summed E-state index contributed by atoms with van der Waals surface area (Å²) in [7, 11) is 1.67. The molecular weight excluding hydrogens is 198 g/mol. The van der Waals surface area contributed by atoms with Gasteiger partial charge in [0.05, 0.1) is 18.5 Å². The largest absolute Gasteiger partial charge is 0.497 e. The lowest BCUT2D eigenvalue weighted by molar-refractivity contribution is 0.414. The summed E-state index contributed by atoms with van der Waals surface area (Å²) in [6.45, 7) is 2.03. The Bertz CT molecular complexity index is 465. The van der Waals surface area contributed by atoms with Crippen molar-refractivity contribution in [1.29, 1.82) is 0 Å². The van der Waals surface area contributed by atoms with Crippen LogP contribution in [-0.2, 0) is 0 Å². The highest BCUT2D eigenvalue weighted by atomic mass is 16.5. The first-order valence-corrected chi connectivity index (χ1v) is 5.21. The van der Waals surface area contributed by atoms with Crippen molar-refractivity contribution in [3.05, 3.63) is 54.1 Å². The molecule has 2 aromatic carbocycles. The Kier molecular flexibility index (Phi) is 3.10. The summed E-state index contributed by atoms with van der Waals surface area (Å²) in [5.74, 6) is 0.865. The molecule has 2 rings (SSSR count). The fourth-order valence-corrected chi connectivity index (χ4v) is 1.52. The molecular formula is C14H14NO.